The molecule has 0 amide bonds. The Hall–Kier alpha value is -1.09. The lowest BCUT2D eigenvalue weighted by molar-refractivity contribution is -0.141. The Kier molecular flexibility index (Phi) is 8.15. The van der Waals surface area contributed by atoms with Crippen LogP contribution in [0.5, 0.6) is 0 Å². The van der Waals surface area contributed by atoms with E-state index in [1.165, 1.54) is 30.9 Å². The third-order valence-corrected chi connectivity index (χ3v) is 6.85. The number of carbonyl (C=O) groups excluding carboxylic acids is 1. The van der Waals surface area contributed by atoms with Crippen molar-refractivity contribution >= 4 is 5.97 Å². The van der Waals surface area contributed by atoms with Crippen molar-refractivity contribution in [3.05, 3.63) is 23.3 Å². The summed E-state index contributed by atoms with van der Waals surface area (Å²) in [5, 5.41) is 0. The second-order valence-electron chi connectivity index (χ2n) is 9.53. The first kappa shape index (κ1) is 22.2. The largest absolute Gasteiger partial charge is 0.465 e. The molecule has 0 bridgehead atoms. The second-order valence-corrected chi connectivity index (χ2v) is 9.53. The lowest BCUT2D eigenvalue weighted by atomic mass is 9.73. The van der Waals surface area contributed by atoms with E-state index in [-0.39, 0.29) is 5.97 Å². The summed E-state index contributed by atoms with van der Waals surface area (Å²) in [6.45, 7) is 19.1. The van der Waals surface area contributed by atoms with Gasteiger partial charge < -0.3 is 4.74 Å². The van der Waals surface area contributed by atoms with Crippen LogP contribution in [0.3, 0.4) is 0 Å². The van der Waals surface area contributed by atoms with Crippen molar-refractivity contribution in [3.8, 4) is 0 Å². The number of nitrogens with zero attached hydrogens (tertiary/aromatic N) is 1. The molecule has 6 atom stereocenters. The molecule has 0 saturated heterocycles. The molecule has 2 rings (SSSR count). The highest BCUT2D eigenvalue weighted by Gasteiger charge is 2.32. The van der Waals surface area contributed by atoms with Gasteiger partial charge in [-0.3, -0.25) is 9.69 Å². The van der Waals surface area contributed by atoms with Crippen LogP contribution in [0.25, 0.3) is 0 Å². The van der Waals surface area contributed by atoms with Crippen LogP contribution in [0.4, 0.5) is 0 Å². The van der Waals surface area contributed by atoms with Gasteiger partial charge in [-0.2, -0.15) is 0 Å². The number of rotatable bonds is 7. The minimum Gasteiger partial charge on any atom is -0.465 e. The molecule has 0 spiro atoms. The Morgan fingerprint density at radius 2 is 1.41 bits per heavy atom. The van der Waals surface area contributed by atoms with E-state index in [9.17, 15) is 4.79 Å². The van der Waals surface area contributed by atoms with Gasteiger partial charge in [-0.25, -0.2) is 0 Å². The lowest BCUT2D eigenvalue weighted by Gasteiger charge is -2.41. The summed E-state index contributed by atoms with van der Waals surface area (Å²) in [7, 11) is 0. The van der Waals surface area contributed by atoms with Gasteiger partial charge in [0, 0.05) is 26.6 Å². The number of carbonyl (C=O) groups is 1. The smallest absolute Gasteiger partial charge is 0.302 e. The minimum atomic E-state index is -0.175. The van der Waals surface area contributed by atoms with Gasteiger partial charge in [0.25, 0.3) is 0 Å². The van der Waals surface area contributed by atoms with Gasteiger partial charge in [0.05, 0.1) is 0 Å². The predicted molar refractivity (Wildman–Crippen MR) is 113 cm³/mol. The van der Waals surface area contributed by atoms with Crippen molar-refractivity contribution in [1.29, 1.82) is 0 Å². The fraction of sp³-hybridized carbons (Fsp3) is 0.792. The molecule has 27 heavy (non-hydrogen) atoms. The molecule has 0 aromatic heterocycles. The van der Waals surface area contributed by atoms with E-state index in [0.29, 0.717) is 42.1 Å². The summed E-state index contributed by atoms with van der Waals surface area (Å²) < 4.78 is 5.29. The number of hydrogen-bond donors (Lipinski definition) is 0. The van der Waals surface area contributed by atoms with E-state index in [2.05, 4.69) is 58.6 Å². The molecule has 0 radical (unpaired) electrons. The fourth-order valence-electron chi connectivity index (χ4n) is 5.50. The topological polar surface area (TPSA) is 29.5 Å². The maximum absolute atomic E-state index is 11.2. The van der Waals surface area contributed by atoms with Crippen molar-refractivity contribution in [1.82, 2.24) is 4.90 Å². The summed E-state index contributed by atoms with van der Waals surface area (Å²) in [6.07, 6.45) is 7.36. The molecule has 2 aliphatic rings. The van der Waals surface area contributed by atoms with Gasteiger partial charge in [-0.15, -0.1) is 0 Å². The Bertz CT molecular complexity index is 525. The standard InChI is InChI=1S/C24H41NO2/c1-16-10-18(3)23(19(4)11-16)14-25(8-9-27-22(7)26)15-24-20(5)12-17(2)13-21(24)6/h10,12,18-21,23-24H,8-9,11,13-15H2,1-7H3/t18-,19-,20-,21+,23-,24-/m0/s1. The van der Waals surface area contributed by atoms with Crippen LogP contribution in [0.1, 0.15) is 61.3 Å². The van der Waals surface area contributed by atoms with E-state index in [1.807, 2.05) is 0 Å². The van der Waals surface area contributed by atoms with Crippen molar-refractivity contribution in [2.75, 3.05) is 26.2 Å². The van der Waals surface area contributed by atoms with Crippen LogP contribution < -0.4 is 0 Å². The number of esters is 1. The van der Waals surface area contributed by atoms with Crippen LogP contribution in [-0.2, 0) is 9.53 Å². The Morgan fingerprint density at radius 3 is 1.78 bits per heavy atom. The van der Waals surface area contributed by atoms with Gasteiger partial charge in [0.15, 0.2) is 0 Å². The van der Waals surface area contributed by atoms with Crippen LogP contribution in [-0.4, -0.2) is 37.1 Å². The molecule has 0 heterocycles. The third-order valence-electron chi connectivity index (χ3n) is 6.85. The summed E-state index contributed by atoms with van der Waals surface area (Å²) in [5.74, 6) is 3.84. The van der Waals surface area contributed by atoms with Crippen LogP contribution in [0.2, 0.25) is 0 Å². The molecule has 0 saturated carbocycles. The quantitative estimate of drug-likeness (QED) is 0.445. The fourth-order valence-corrected chi connectivity index (χ4v) is 5.50. The molecule has 0 aromatic rings. The summed E-state index contributed by atoms with van der Waals surface area (Å²) in [6, 6.07) is 0. The summed E-state index contributed by atoms with van der Waals surface area (Å²) in [5.41, 5.74) is 3.07. The zero-order chi connectivity index (χ0) is 20.1. The highest BCUT2D eigenvalue weighted by molar-refractivity contribution is 5.65. The summed E-state index contributed by atoms with van der Waals surface area (Å²) in [4.78, 5) is 13.8. The van der Waals surface area contributed by atoms with Crippen LogP contribution in [0, 0.1) is 35.5 Å². The average Bonchev–Trinajstić information content (AvgIpc) is 2.53. The van der Waals surface area contributed by atoms with E-state index in [0.717, 1.165) is 19.6 Å². The SMILES string of the molecule is CC(=O)OCCN(C[C@@H]1[C@H](C)CC(C)=C[C@@H]1C)C[C@H]1[C@@H](C)C=C(C)C[C@@H]1C. The molecule has 3 heteroatoms. The van der Waals surface area contributed by atoms with Crippen LogP contribution in [0.15, 0.2) is 23.3 Å². The number of allylic oxidation sites excluding steroid dienone is 4. The molecule has 0 aromatic carbocycles. The Labute approximate surface area is 167 Å². The molecular formula is C24H41NO2. The highest BCUT2D eigenvalue weighted by atomic mass is 16.5. The monoisotopic (exact) mass is 375 g/mol. The first-order chi connectivity index (χ1) is 12.7. The first-order valence-corrected chi connectivity index (χ1v) is 10.9. The molecule has 2 aliphatic carbocycles. The molecule has 154 valence electrons. The van der Waals surface area contributed by atoms with Crippen molar-refractivity contribution in [3.63, 3.8) is 0 Å². The van der Waals surface area contributed by atoms with Gasteiger partial charge in [0.2, 0.25) is 0 Å². The van der Waals surface area contributed by atoms with Crippen LogP contribution >= 0.6 is 0 Å². The first-order valence-electron chi connectivity index (χ1n) is 10.9. The van der Waals surface area contributed by atoms with E-state index in [1.54, 1.807) is 0 Å². The van der Waals surface area contributed by atoms with Gasteiger partial charge in [0.1, 0.15) is 6.61 Å². The Morgan fingerprint density at radius 1 is 0.963 bits per heavy atom. The maximum atomic E-state index is 11.2. The van der Waals surface area contributed by atoms with Crippen molar-refractivity contribution < 1.29 is 9.53 Å². The molecule has 0 fully saturated rings. The minimum absolute atomic E-state index is 0.175. The summed E-state index contributed by atoms with van der Waals surface area (Å²) >= 11 is 0. The number of hydrogen-bond acceptors (Lipinski definition) is 3. The zero-order valence-corrected chi connectivity index (χ0v) is 18.6. The van der Waals surface area contributed by atoms with Crippen molar-refractivity contribution in [2.45, 2.75) is 61.3 Å². The lowest BCUT2D eigenvalue weighted by Crippen LogP contribution is -2.43. The second kappa shape index (κ2) is 9.91. The molecule has 0 N–H and O–H groups in total. The van der Waals surface area contributed by atoms with E-state index >= 15 is 0 Å². The third kappa shape index (κ3) is 6.48. The van der Waals surface area contributed by atoms with E-state index < -0.39 is 0 Å². The van der Waals surface area contributed by atoms with Gasteiger partial charge in [-0.1, -0.05) is 51.0 Å². The molecule has 3 nitrogen and oxygen atoms in total. The van der Waals surface area contributed by atoms with Gasteiger partial charge in [-0.05, 0) is 62.2 Å². The molecule has 0 unspecified atom stereocenters. The Balaban J connectivity index is 2.07. The molecule has 0 aliphatic heterocycles. The van der Waals surface area contributed by atoms with E-state index in [4.69, 9.17) is 4.74 Å². The van der Waals surface area contributed by atoms with Crippen molar-refractivity contribution in [2.24, 2.45) is 35.5 Å². The normalized spacial score (nSPS) is 34.2. The average molecular weight is 376 g/mol. The molecular weight excluding hydrogens is 334 g/mol. The predicted octanol–water partition coefficient (Wildman–Crippen LogP) is 5.33. The van der Waals surface area contributed by atoms with Gasteiger partial charge >= 0.3 is 5.97 Å². The number of ether oxygens (including phenoxy) is 1. The maximum Gasteiger partial charge on any atom is 0.302 e. The zero-order valence-electron chi connectivity index (χ0n) is 18.6. The highest BCUT2D eigenvalue weighted by Crippen LogP contribution is 2.36.